The molecule has 1 atom stereocenters. The number of carbonyl (C=O) groups is 2. The molecule has 3 heterocycles. The molecule has 2 aromatic rings. The summed E-state index contributed by atoms with van der Waals surface area (Å²) >= 11 is 0. The fraction of sp³-hybridized carbons (Fsp3) is 0.520. The maximum Gasteiger partial charge on any atom is 0.233 e. The predicted molar refractivity (Wildman–Crippen MR) is 121 cm³/mol. The molecule has 1 aliphatic carbocycles. The number of nitrogens with zero attached hydrogens (tertiary/aromatic N) is 4. The number of hydrogen-bond donors (Lipinski definition) is 0. The lowest BCUT2D eigenvalue weighted by Crippen LogP contribution is -2.33. The first-order chi connectivity index (χ1) is 15.5. The largest absolute Gasteiger partial charge is 0.497 e. The van der Waals surface area contributed by atoms with Crippen LogP contribution in [0.3, 0.4) is 0 Å². The third kappa shape index (κ3) is 3.85. The molecule has 1 unspecified atom stereocenters. The normalized spacial score (nSPS) is 20.8. The van der Waals surface area contributed by atoms with Gasteiger partial charge in [-0.2, -0.15) is 0 Å². The van der Waals surface area contributed by atoms with Gasteiger partial charge in [0.15, 0.2) is 0 Å². The monoisotopic (exact) mass is 434 g/mol. The highest BCUT2D eigenvalue weighted by atomic mass is 16.5. The van der Waals surface area contributed by atoms with Gasteiger partial charge in [0.1, 0.15) is 17.4 Å². The van der Waals surface area contributed by atoms with E-state index in [1.54, 1.807) is 12.0 Å². The van der Waals surface area contributed by atoms with Gasteiger partial charge in [-0.3, -0.25) is 14.5 Å². The Morgan fingerprint density at radius 2 is 1.88 bits per heavy atom. The van der Waals surface area contributed by atoms with Gasteiger partial charge in [-0.25, -0.2) is 9.97 Å². The lowest BCUT2D eigenvalue weighted by molar-refractivity contribution is -0.134. The Labute approximate surface area is 188 Å². The summed E-state index contributed by atoms with van der Waals surface area (Å²) in [4.78, 5) is 39.1. The maximum absolute atomic E-state index is 12.8. The molecule has 32 heavy (non-hydrogen) atoms. The number of carbonyl (C=O) groups excluding carboxylic acids is 2. The molecule has 0 bridgehead atoms. The quantitative estimate of drug-likeness (QED) is 0.721. The molecule has 7 heteroatoms. The SMILES string of the molecule is COc1ccc(CN2C(=O)Cc3c(C)nc(C4CCN(C(=O)C5CCCC5)C4)nc32)cc1. The zero-order valence-electron chi connectivity index (χ0n) is 18.8. The number of amides is 2. The summed E-state index contributed by atoms with van der Waals surface area (Å²) in [5.41, 5.74) is 2.82. The highest BCUT2D eigenvalue weighted by Gasteiger charge is 2.36. The average molecular weight is 435 g/mol. The van der Waals surface area contributed by atoms with E-state index < -0.39 is 0 Å². The predicted octanol–water partition coefficient (Wildman–Crippen LogP) is 3.39. The van der Waals surface area contributed by atoms with E-state index in [0.717, 1.165) is 60.0 Å². The number of methoxy groups -OCH3 is 1. The minimum absolute atomic E-state index is 0.0508. The van der Waals surface area contributed by atoms with Crippen LogP contribution in [-0.4, -0.2) is 46.9 Å². The van der Waals surface area contributed by atoms with Crippen LogP contribution in [0.2, 0.25) is 0 Å². The van der Waals surface area contributed by atoms with Crippen molar-refractivity contribution in [3.8, 4) is 5.75 Å². The van der Waals surface area contributed by atoms with Crippen molar-refractivity contribution >= 4 is 17.6 Å². The van der Waals surface area contributed by atoms with Crippen LogP contribution in [0, 0.1) is 12.8 Å². The zero-order chi connectivity index (χ0) is 22.2. The Morgan fingerprint density at radius 1 is 1.12 bits per heavy atom. The molecule has 168 valence electrons. The molecule has 3 aliphatic rings. The van der Waals surface area contributed by atoms with Crippen molar-refractivity contribution in [2.24, 2.45) is 5.92 Å². The van der Waals surface area contributed by atoms with Crippen LogP contribution in [0.1, 0.15) is 60.7 Å². The maximum atomic E-state index is 12.8. The second-order valence-corrected chi connectivity index (χ2v) is 9.23. The average Bonchev–Trinajstić information content (AvgIpc) is 3.55. The molecular formula is C25H30N4O3. The highest BCUT2D eigenvalue weighted by molar-refractivity contribution is 6.00. The Hall–Kier alpha value is -2.96. The Balaban J connectivity index is 1.35. The first kappa shape index (κ1) is 20.9. The molecule has 1 saturated heterocycles. The molecule has 2 amide bonds. The first-order valence-corrected chi connectivity index (χ1v) is 11.6. The van der Waals surface area contributed by atoms with Gasteiger partial charge >= 0.3 is 0 Å². The Kier molecular flexibility index (Phi) is 5.57. The summed E-state index contributed by atoms with van der Waals surface area (Å²) in [7, 11) is 1.64. The molecule has 1 aromatic heterocycles. The number of aromatic nitrogens is 2. The summed E-state index contributed by atoms with van der Waals surface area (Å²) in [6.45, 7) is 3.89. The molecule has 1 aromatic carbocycles. The van der Waals surface area contributed by atoms with Crippen LogP contribution in [0.4, 0.5) is 5.82 Å². The summed E-state index contributed by atoms with van der Waals surface area (Å²) in [6.07, 6.45) is 5.60. The van der Waals surface area contributed by atoms with Gasteiger partial charge < -0.3 is 9.64 Å². The number of benzene rings is 1. The third-order valence-electron chi connectivity index (χ3n) is 7.16. The Morgan fingerprint density at radius 3 is 2.59 bits per heavy atom. The smallest absolute Gasteiger partial charge is 0.233 e. The molecule has 5 rings (SSSR count). The van der Waals surface area contributed by atoms with E-state index in [-0.39, 0.29) is 17.7 Å². The molecule has 0 radical (unpaired) electrons. The van der Waals surface area contributed by atoms with Crippen molar-refractivity contribution in [2.75, 3.05) is 25.1 Å². The van der Waals surface area contributed by atoms with Gasteiger partial charge in [-0.1, -0.05) is 25.0 Å². The van der Waals surface area contributed by atoms with Crippen LogP contribution in [0.25, 0.3) is 0 Å². The molecular weight excluding hydrogens is 404 g/mol. The fourth-order valence-electron chi connectivity index (χ4n) is 5.26. The number of hydrogen-bond acceptors (Lipinski definition) is 5. The third-order valence-corrected chi connectivity index (χ3v) is 7.16. The summed E-state index contributed by atoms with van der Waals surface area (Å²) < 4.78 is 5.23. The number of anilines is 1. The molecule has 2 aliphatic heterocycles. The van der Waals surface area contributed by atoms with Crippen molar-refractivity contribution in [1.29, 1.82) is 0 Å². The van der Waals surface area contributed by atoms with E-state index in [4.69, 9.17) is 14.7 Å². The molecule has 7 nitrogen and oxygen atoms in total. The molecule has 2 fully saturated rings. The number of ether oxygens (including phenoxy) is 1. The highest BCUT2D eigenvalue weighted by Crippen LogP contribution is 2.35. The number of likely N-dealkylation sites (tertiary alicyclic amines) is 1. The van der Waals surface area contributed by atoms with Crippen LogP contribution >= 0.6 is 0 Å². The van der Waals surface area contributed by atoms with Crippen molar-refractivity contribution in [1.82, 2.24) is 14.9 Å². The van der Waals surface area contributed by atoms with Crippen LogP contribution < -0.4 is 9.64 Å². The summed E-state index contributed by atoms with van der Waals surface area (Å²) in [6, 6.07) is 7.76. The standard InChI is InChI=1S/C25H30N4O3/c1-16-21-13-22(30)29(14-17-7-9-20(32-2)10-8-17)24(21)27-23(26-16)19-11-12-28(15-19)25(31)18-5-3-4-6-18/h7-10,18-19H,3-6,11-15H2,1-2H3. The fourth-order valence-corrected chi connectivity index (χ4v) is 5.26. The van der Waals surface area contributed by atoms with Crippen molar-refractivity contribution in [2.45, 2.75) is 57.9 Å². The van der Waals surface area contributed by atoms with E-state index in [1.165, 1.54) is 12.8 Å². The van der Waals surface area contributed by atoms with Gasteiger partial charge in [-0.15, -0.1) is 0 Å². The van der Waals surface area contributed by atoms with Gasteiger partial charge in [0, 0.05) is 36.2 Å². The first-order valence-electron chi connectivity index (χ1n) is 11.6. The van der Waals surface area contributed by atoms with E-state index in [9.17, 15) is 9.59 Å². The minimum Gasteiger partial charge on any atom is -0.497 e. The van der Waals surface area contributed by atoms with E-state index in [0.29, 0.717) is 25.4 Å². The van der Waals surface area contributed by atoms with E-state index >= 15 is 0 Å². The van der Waals surface area contributed by atoms with Crippen LogP contribution in [0.15, 0.2) is 24.3 Å². The lowest BCUT2D eigenvalue weighted by atomic mass is 10.1. The van der Waals surface area contributed by atoms with Crippen molar-refractivity contribution in [3.63, 3.8) is 0 Å². The second kappa shape index (κ2) is 8.52. The molecule has 1 saturated carbocycles. The van der Waals surface area contributed by atoms with Gasteiger partial charge in [0.2, 0.25) is 11.8 Å². The number of fused-ring (bicyclic) bond motifs is 1. The van der Waals surface area contributed by atoms with Crippen molar-refractivity contribution in [3.05, 3.63) is 46.9 Å². The van der Waals surface area contributed by atoms with Gasteiger partial charge in [-0.05, 0) is 43.9 Å². The van der Waals surface area contributed by atoms with Crippen LogP contribution in [0.5, 0.6) is 5.75 Å². The van der Waals surface area contributed by atoms with E-state index in [2.05, 4.69) is 0 Å². The Bertz CT molecular complexity index is 1030. The molecule has 0 spiro atoms. The minimum atomic E-state index is 0.0508. The number of aryl methyl sites for hydroxylation is 1. The molecule has 0 N–H and O–H groups in total. The van der Waals surface area contributed by atoms with Crippen molar-refractivity contribution < 1.29 is 14.3 Å². The lowest BCUT2D eigenvalue weighted by Gasteiger charge is -2.21. The summed E-state index contributed by atoms with van der Waals surface area (Å²) in [5.74, 6) is 2.97. The van der Waals surface area contributed by atoms with Crippen LogP contribution in [-0.2, 0) is 22.6 Å². The zero-order valence-corrected chi connectivity index (χ0v) is 18.8. The van der Waals surface area contributed by atoms with Gasteiger partial charge in [0.05, 0.1) is 20.1 Å². The van der Waals surface area contributed by atoms with Gasteiger partial charge in [0.25, 0.3) is 0 Å². The second-order valence-electron chi connectivity index (χ2n) is 9.23. The topological polar surface area (TPSA) is 75.6 Å². The summed E-state index contributed by atoms with van der Waals surface area (Å²) in [5, 5.41) is 0. The number of rotatable bonds is 5. The van der Waals surface area contributed by atoms with E-state index in [1.807, 2.05) is 36.1 Å².